The van der Waals surface area contributed by atoms with E-state index in [2.05, 4.69) is 25.2 Å². The van der Waals surface area contributed by atoms with Crippen LogP contribution in [0.5, 0.6) is 23.0 Å². The second-order valence-electron chi connectivity index (χ2n) is 9.89. The Hall–Kier alpha value is -3.71. The molecule has 0 saturated carbocycles. The maximum Gasteiger partial charge on any atom is 0.311 e. The third-order valence-corrected chi connectivity index (χ3v) is 7.60. The third-order valence-electron chi connectivity index (χ3n) is 7.60. The number of likely N-dealkylation sites (N-methyl/N-ethyl adjacent to an activating group) is 1. The minimum absolute atomic E-state index is 0.0959. The molecule has 1 aliphatic rings. The number of esters is 1. The number of quaternary nitrogens is 1. The number of carbonyl (C=O) groups excluding carboxylic acids is 1. The minimum Gasteiger partial charge on any atom is -0.493 e. The number of ether oxygens (including phenoxy) is 5. The number of hydrogen-bond acceptors (Lipinski definition) is 6. The van der Waals surface area contributed by atoms with E-state index < -0.39 is 0 Å². The van der Waals surface area contributed by atoms with Crippen LogP contribution >= 0.6 is 0 Å². The molecule has 1 aliphatic heterocycles. The number of rotatable bonds is 11. The molecule has 38 heavy (non-hydrogen) atoms. The summed E-state index contributed by atoms with van der Waals surface area (Å²) in [7, 11) is 8.84. The fourth-order valence-electron chi connectivity index (χ4n) is 5.32. The largest absolute Gasteiger partial charge is 0.493 e. The highest BCUT2D eigenvalue weighted by Crippen LogP contribution is 2.43. The summed E-state index contributed by atoms with van der Waals surface area (Å²) in [6.07, 6.45) is 1.99. The fourth-order valence-corrected chi connectivity index (χ4v) is 5.32. The lowest BCUT2D eigenvalue weighted by Crippen LogP contribution is -2.53. The molecule has 4 rings (SSSR count). The molecule has 7 nitrogen and oxygen atoms in total. The number of fused-ring (bicyclic) bond motifs is 1. The molecular formula is C31H38NO6+. The van der Waals surface area contributed by atoms with Crippen LogP contribution in [0.2, 0.25) is 0 Å². The van der Waals surface area contributed by atoms with E-state index >= 15 is 0 Å². The lowest BCUT2D eigenvalue weighted by molar-refractivity contribution is -0.940. The smallest absolute Gasteiger partial charge is 0.311 e. The first kappa shape index (κ1) is 27.3. The van der Waals surface area contributed by atoms with Crippen molar-refractivity contribution in [1.29, 1.82) is 0 Å². The number of benzene rings is 3. The molecule has 0 unspecified atom stereocenters. The van der Waals surface area contributed by atoms with E-state index in [9.17, 15) is 4.79 Å². The first-order chi connectivity index (χ1) is 18.4. The van der Waals surface area contributed by atoms with Gasteiger partial charge in [0.15, 0.2) is 23.0 Å². The highest BCUT2D eigenvalue weighted by molar-refractivity contribution is 5.69. The Kier molecular flexibility index (Phi) is 8.79. The van der Waals surface area contributed by atoms with Crippen molar-refractivity contribution in [3.8, 4) is 23.0 Å². The number of hydrogen-bond donors (Lipinski definition) is 0. The first-order valence-electron chi connectivity index (χ1n) is 12.9. The normalized spacial score (nSPS) is 18.3. The van der Waals surface area contributed by atoms with E-state index in [4.69, 9.17) is 23.7 Å². The number of nitrogens with zero attached hydrogens (tertiary/aromatic N) is 1. The van der Waals surface area contributed by atoms with Crippen LogP contribution in [0.3, 0.4) is 0 Å². The minimum atomic E-state index is -0.184. The zero-order valence-corrected chi connectivity index (χ0v) is 23.0. The van der Waals surface area contributed by atoms with Crippen molar-refractivity contribution in [1.82, 2.24) is 0 Å². The molecule has 3 aromatic carbocycles. The van der Waals surface area contributed by atoms with Crippen molar-refractivity contribution < 1.29 is 33.0 Å². The maximum atomic E-state index is 12.8. The second kappa shape index (κ2) is 12.2. The Labute approximate surface area is 225 Å². The van der Waals surface area contributed by atoms with Gasteiger partial charge in [-0.05, 0) is 41.0 Å². The summed E-state index contributed by atoms with van der Waals surface area (Å²) in [5, 5.41) is 0. The Morgan fingerprint density at radius 2 is 1.47 bits per heavy atom. The van der Waals surface area contributed by atoms with Crippen LogP contribution in [0.25, 0.3) is 0 Å². The van der Waals surface area contributed by atoms with Gasteiger partial charge in [0.2, 0.25) is 0 Å². The summed E-state index contributed by atoms with van der Waals surface area (Å²) in [5.41, 5.74) is 4.58. The summed E-state index contributed by atoms with van der Waals surface area (Å²) in [6, 6.07) is 20.1. The molecule has 0 aliphatic carbocycles. The van der Waals surface area contributed by atoms with Crippen LogP contribution in [0.15, 0.2) is 60.7 Å². The average molecular weight is 521 g/mol. The molecule has 0 bridgehead atoms. The molecule has 3 aromatic rings. The quantitative estimate of drug-likeness (QED) is 0.258. The van der Waals surface area contributed by atoms with E-state index in [1.54, 1.807) is 28.4 Å². The van der Waals surface area contributed by atoms with E-state index in [1.807, 2.05) is 42.5 Å². The molecule has 7 heteroatoms. The molecule has 1 heterocycles. The Morgan fingerprint density at radius 3 is 2.16 bits per heavy atom. The van der Waals surface area contributed by atoms with Crippen LogP contribution in [0.4, 0.5) is 0 Å². The van der Waals surface area contributed by atoms with Gasteiger partial charge in [-0.25, -0.2) is 0 Å². The molecule has 0 N–H and O–H groups in total. The molecule has 202 valence electrons. The second-order valence-corrected chi connectivity index (χ2v) is 9.89. The monoisotopic (exact) mass is 520 g/mol. The van der Waals surface area contributed by atoms with Crippen LogP contribution in [0.1, 0.15) is 34.7 Å². The molecule has 0 saturated heterocycles. The molecular weight excluding hydrogens is 482 g/mol. The number of methoxy groups -OCH3 is 4. The van der Waals surface area contributed by atoms with Crippen molar-refractivity contribution >= 4 is 5.97 Å². The van der Waals surface area contributed by atoms with Gasteiger partial charge in [0.05, 0.1) is 55.0 Å². The van der Waals surface area contributed by atoms with E-state index in [0.29, 0.717) is 34.7 Å². The maximum absolute atomic E-state index is 12.8. The van der Waals surface area contributed by atoms with Gasteiger partial charge in [0, 0.05) is 18.4 Å². The van der Waals surface area contributed by atoms with Gasteiger partial charge in [0.25, 0.3) is 0 Å². The molecule has 2 atom stereocenters. The number of carbonyl (C=O) groups is 1. The standard InChI is InChI=1S/C31H38NO6/c1-32(16-14-31(33)38-21-22-9-7-6-8-10-22)15-13-24-19-29(36-4)30(37-5)20-25(24)26(32)17-23-11-12-27(34-2)28(18-23)35-3/h6-12,18-20,26H,13-17,21H2,1-5H3/q+1/t26-,32+/m1/s1. The van der Waals surface area contributed by atoms with Gasteiger partial charge in [-0.1, -0.05) is 36.4 Å². The topological polar surface area (TPSA) is 63.2 Å². The van der Waals surface area contributed by atoms with Gasteiger partial charge in [-0.3, -0.25) is 4.79 Å². The van der Waals surface area contributed by atoms with Crippen molar-refractivity contribution in [2.75, 3.05) is 48.6 Å². The first-order valence-corrected chi connectivity index (χ1v) is 12.9. The summed E-state index contributed by atoms with van der Waals surface area (Å²) >= 11 is 0. The van der Waals surface area contributed by atoms with Gasteiger partial charge in [-0.15, -0.1) is 0 Å². The van der Waals surface area contributed by atoms with E-state index in [-0.39, 0.29) is 18.6 Å². The molecule has 0 fully saturated rings. The van der Waals surface area contributed by atoms with Crippen LogP contribution < -0.4 is 18.9 Å². The zero-order chi connectivity index (χ0) is 27.1. The van der Waals surface area contributed by atoms with Crippen molar-refractivity contribution in [2.24, 2.45) is 0 Å². The molecule has 0 spiro atoms. The summed E-state index contributed by atoms with van der Waals surface area (Å²) in [4.78, 5) is 12.8. The van der Waals surface area contributed by atoms with Gasteiger partial charge >= 0.3 is 5.97 Å². The van der Waals surface area contributed by atoms with Crippen molar-refractivity contribution in [2.45, 2.75) is 31.9 Å². The third kappa shape index (κ3) is 6.05. The van der Waals surface area contributed by atoms with E-state index in [1.165, 1.54) is 11.1 Å². The van der Waals surface area contributed by atoms with Gasteiger partial charge < -0.3 is 28.2 Å². The average Bonchev–Trinajstić information content (AvgIpc) is 2.96. The molecule has 0 aromatic heterocycles. The lowest BCUT2D eigenvalue weighted by Gasteiger charge is -2.46. The zero-order valence-electron chi connectivity index (χ0n) is 23.0. The summed E-state index contributed by atoms with van der Waals surface area (Å²) < 4.78 is 28.6. The predicted octanol–water partition coefficient (Wildman–Crippen LogP) is 5.14. The van der Waals surface area contributed by atoms with Crippen molar-refractivity contribution in [3.05, 3.63) is 82.9 Å². The highest BCUT2D eigenvalue weighted by Gasteiger charge is 2.40. The van der Waals surface area contributed by atoms with Crippen LogP contribution in [-0.4, -0.2) is 59.0 Å². The Bertz CT molecular complexity index is 1240. The van der Waals surface area contributed by atoms with E-state index in [0.717, 1.165) is 36.3 Å². The van der Waals surface area contributed by atoms with Crippen LogP contribution in [0, 0.1) is 0 Å². The van der Waals surface area contributed by atoms with Crippen molar-refractivity contribution in [3.63, 3.8) is 0 Å². The Morgan fingerprint density at radius 1 is 0.816 bits per heavy atom. The Balaban J connectivity index is 1.60. The summed E-state index contributed by atoms with van der Waals surface area (Å²) in [5.74, 6) is 2.66. The highest BCUT2D eigenvalue weighted by atomic mass is 16.5. The fraction of sp³-hybridized carbons (Fsp3) is 0.387. The van der Waals surface area contributed by atoms with Crippen LogP contribution in [-0.2, 0) is 29.0 Å². The summed E-state index contributed by atoms with van der Waals surface area (Å²) in [6.45, 7) is 1.85. The SMILES string of the molecule is COc1ccc(C[C@@H]2c3cc(OC)c(OC)cc3CC[N@@+]2(C)CCC(=O)OCc2ccccc2)cc1OC. The van der Waals surface area contributed by atoms with Gasteiger partial charge in [0.1, 0.15) is 12.6 Å². The predicted molar refractivity (Wildman–Crippen MR) is 146 cm³/mol. The molecule has 0 amide bonds. The molecule has 0 radical (unpaired) electrons. The van der Waals surface area contributed by atoms with Gasteiger partial charge in [-0.2, -0.15) is 0 Å². The lowest BCUT2D eigenvalue weighted by atomic mass is 9.86.